The van der Waals surface area contributed by atoms with Crippen molar-refractivity contribution in [3.63, 3.8) is 0 Å². The molecule has 7 nitrogen and oxygen atoms in total. The van der Waals surface area contributed by atoms with Crippen LogP contribution in [-0.4, -0.2) is 23.9 Å². The van der Waals surface area contributed by atoms with Crippen LogP contribution in [0, 0.1) is 0 Å². The maximum absolute atomic E-state index is 12.6. The van der Waals surface area contributed by atoms with Crippen molar-refractivity contribution in [3.8, 4) is 0 Å². The average Bonchev–Trinajstić information content (AvgIpc) is 3.10. The molecule has 0 unspecified atom stereocenters. The summed E-state index contributed by atoms with van der Waals surface area (Å²) in [5.74, 6) is -0.268. The Balaban J connectivity index is 1.75. The van der Waals surface area contributed by atoms with Gasteiger partial charge >= 0.3 is 12.1 Å². The second-order valence-corrected chi connectivity index (χ2v) is 8.85. The molecule has 1 heterocycles. The molecule has 0 fully saturated rings. The standard InChI is InChI=1S/C22H22F3N3O4S/c1-2-3-12-28-19-10-9-17(33(26,30)31)13-18(19)27-20(28)14-32-21(29)11-6-15-4-7-16(8-5-15)22(23,24)25/h4-11,13H,2-3,12,14H2,1H3,(H2,26,30,31)/b11-6+. The molecule has 176 valence electrons. The smallest absolute Gasteiger partial charge is 0.416 e. The number of alkyl halides is 3. The number of aryl methyl sites for hydroxylation is 1. The summed E-state index contributed by atoms with van der Waals surface area (Å²) in [5.41, 5.74) is 0.718. The van der Waals surface area contributed by atoms with Gasteiger partial charge in [-0.1, -0.05) is 25.5 Å². The maximum atomic E-state index is 12.6. The first-order valence-corrected chi connectivity index (χ1v) is 11.6. The molecule has 0 spiro atoms. The maximum Gasteiger partial charge on any atom is 0.416 e. The minimum Gasteiger partial charge on any atom is -0.454 e. The van der Waals surface area contributed by atoms with Gasteiger partial charge in [0.05, 0.1) is 21.5 Å². The third-order valence-corrected chi connectivity index (χ3v) is 5.77. The van der Waals surface area contributed by atoms with Gasteiger partial charge in [-0.05, 0) is 48.4 Å². The topological polar surface area (TPSA) is 104 Å². The highest BCUT2D eigenvalue weighted by molar-refractivity contribution is 7.89. The van der Waals surface area contributed by atoms with Gasteiger partial charge in [0.1, 0.15) is 12.4 Å². The van der Waals surface area contributed by atoms with Gasteiger partial charge < -0.3 is 9.30 Å². The van der Waals surface area contributed by atoms with Crippen LogP contribution in [0.1, 0.15) is 36.7 Å². The molecule has 0 aliphatic carbocycles. The van der Waals surface area contributed by atoms with Gasteiger partial charge in [0.2, 0.25) is 10.0 Å². The Kier molecular flexibility index (Phi) is 7.23. The second kappa shape index (κ2) is 9.75. The first-order valence-electron chi connectivity index (χ1n) is 10.0. The number of nitrogens with zero attached hydrogens (tertiary/aromatic N) is 2. The summed E-state index contributed by atoms with van der Waals surface area (Å²) in [6.45, 7) is 2.44. The first kappa shape index (κ1) is 24.5. The number of carbonyl (C=O) groups excluding carboxylic acids is 1. The Morgan fingerprint density at radius 1 is 1.18 bits per heavy atom. The molecule has 33 heavy (non-hydrogen) atoms. The molecule has 0 atom stereocenters. The van der Waals surface area contributed by atoms with E-state index in [2.05, 4.69) is 4.98 Å². The van der Waals surface area contributed by atoms with Crippen LogP contribution in [0.3, 0.4) is 0 Å². The van der Waals surface area contributed by atoms with Crippen molar-refractivity contribution < 1.29 is 31.1 Å². The van der Waals surface area contributed by atoms with E-state index in [1.165, 1.54) is 30.3 Å². The molecule has 3 aromatic rings. The number of halogens is 3. The number of carbonyl (C=O) groups is 1. The summed E-state index contributed by atoms with van der Waals surface area (Å²) in [7, 11) is -3.89. The van der Waals surface area contributed by atoms with Gasteiger partial charge in [0, 0.05) is 12.6 Å². The highest BCUT2D eigenvalue weighted by Gasteiger charge is 2.29. The minimum atomic E-state index is -4.43. The summed E-state index contributed by atoms with van der Waals surface area (Å²) < 4.78 is 68.2. The molecule has 0 bridgehead atoms. The number of hydrogen-bond acceptors (Lipinski definition) is 5. The predicted octanol–water partition coefficient (Wildman–Crippen LogP) is 4.26. The summed E-state index contributed by atoms with van der Waals surface area (Å²) >= 11 is 0. The number of aromatic nitrogens is 2. The fraction of sp³-hybridized carbons (Fsp3) is 0.273. The van der Waals surface area contributed by atoms with Crippen LogP contribution in [0.25, 0.3) is 17.1 Å². The molecular formula is C22H22F3N3O4S. The highest BCUT2D eigenvalue weighted by Crippen LogP contribution is 2.29. The lowest BCUT2D eigenvalue weighted by Crippen LogP contribution is -2.11. The summed E-state index contributed by atoms with van der Waals surface area (Å²) in [6, 6.07) is 8.72. The summed E-state index contributed by atoms with van der Waals surface area (Å²) in [4.78, 5) is 16.4. The number of imidazole rings is 1. The highest BCUT2D eigenvalue weighted by atomic mass is 32.2. The van der Waals surface area contributed by atoms with Crippen LogP contribution in [0.15, 0.2) is 53.4 Å². The van der Waals surface area contributed by atoms with Crippen molar-refractivity contribution in [3.05, 3.63) is 65.5 Å². The van der Waals surface area contributed by atoms with Crippen LogP contribution in [0.4, 0.5) is 13.2 Å². The van der Waals surface area contributed by atoms with Crippen LogP contribution >= 0.6 is 0 Å². The lowest BCUT2D eigenvalue weighted by Gasteiger charge is -2.09. The largest absolute Gasteiger partial charge is 0.454 e. The fourth-order valence-electron chi connectivity index (χ4n) is 3.14. The van der Waals surface area contributed by atoms with Crippen molar-refractivity contribution in [1.29, 1.82) is 0 Å². The van der Waals surface area contributed by atoms with Gasteiger partial charge in [-0.25, -0.2) is 23.3 Å². The molecule has 0 amide bonds. The SMILES string of the molecule is CCCCn1c(COC(=O)/C=C/c2ccc(C(F)(F)F)cc2)nc2cc(S(N)(=O)=O)ccc21. The number of fused-ring (bicyclic) bond motifs is 1. The molecule has 0 aliphatic rings. The van der Waals surface area contributed by atoms with Crippen molar-refractivity contribution in [2.45, 2.75) is 44.0 Å². The Labute approximate surface area is 188 Å². The van der Waals surface area contributed by atoms with E-state index in [4.69, 9.17) is 9.88 Å². The number of esters is 1. The number of rotatable bonds is 8. The van der Waals surface area contributed by atoms with E-state index < -0.39 is 27.7 Å². The van der Waals surface area contributed by atoms with Crippen molar-refractivity contribution >= 4 is 33.1 Å². The molecule has 0 saturated heterocycles. The number of ether oxygens (including phenoxy) is 1. The van der Waals surface area contributed by atoms with Crippen molar-refractivity contribution in [2.75, 3.05) is 0 Å². The van der Waals surface area contributed by atoms with Crippen LogP contribution in [0.5, 0.6) is 0 Å². The fourth-order valence-corrected chi connectivity index (χ4v) is 3.68. The number of primary sulfonamides is 1. The number of hydrogen-bond donors (Lipinski definition) is 1. The zero-order chi connectivity index (χ0) is 24.2. The van der Waals surface area contributed by atoms with E-state index in [1.807, 2.05) is 11.5 Å². The predicted molar refractivity (Wildman–Crippen MR) is 116 cm³/mol. The Bertz CT molecular complexity index is 1280. The number of benzene rings is 2. The van der Waals surface area contributed by atoms with E-state index in [9.17, 15) is 26.4 Å². The molecule has 1 aromatic heterocycles. The van der Waals surface area contributed by atoms with E-state index >= 15 is 0 Å². The molecule has 2 aromatic carbocycles. The van der Waals surface area contributed by atoms with E-state index in [1.54, 1.807) is 6.07 Å². The number of nitrogens with two attached hydrogens (primary N) is 1. The zero-order valence-corrected chi connectivity index (χ0v) is 18.5. The van der Waals surface area contributed by atoms with Crippen LogP contribution < -0.4 is 5.14 Å². The third kappa shape index (κ3) is 6.20. The molecule has 11 heteroatoms. The van der Waals surface area contributed by atoms with Gasteiger partial charge in [-0.15, -0.1) is 0 Å². The molecule has 0 aliphatic heterocycles. The van der Waals surface area contributed by atoms with Gasteiger partial charge in [0.15, 0.2) is 0 Å². The number of sulfonamides is 1. The van der Waals surface area contributed by atoms with Crippen LogP contribution in [-0.2, 0) is 38.9 Å². The van der Waals surface area contributed by atoms with E-state index in [-0.39, 0.29) is 11.5 Å². The monoisotopic (exact) mass is 481 g/mol. The molecular weight excluding hydrogens is 459 g/mol. The first-order chi connectivity index (χ1) is 15.5. The van der Waals surface area contributed by atoms with Gasteiger partial charge in [-0.3, -0.25) is 0 Å². The minimum absolute atomic E-state index is 0.0711. The lowest BCUT2D eigenvalue weighted by atomic mass is 10.1. The average molecular weight is 481 g/mol. The lowest BCUT2D eigenvalue weighted by molar-refractivity contribution is -0.139. The number of unbranched alkanes of at least 4 members (excludes halogenated alkanes) is 1. The van der Waals surface area contributed by atoms with E-state index in [0.29, 0.717) is 29.0 Å². The van der Waals surface area contributed by atoms with Gasteiger partial charge in [0.25, 0.3) is 0 Å². The molecule has 2 N–H and O–H groups in total. The van der Waals surface area contributed by atoms with Gasteiger partial charge in [-0.2, -0.15) is 13.2 Å². The molecule has 3 rings (SSSR count). The normalized spacial score (nSPS) is 12.5. The van der Waals surface area contributed by atoms with Crippen LogP contribution in [0.2, 0.25) is 0 Å². The Hall–Kier alpha value is -3.18. The molecule has 0 saturated carbocycles. The van der Waals surface area contributed by atoms with Crippen molar-refractivity contribution in [2.24, 2.45) is 5.14 Å². The Morgan fingerprint density at radius 2 is 1.88 bits per heavy atom. The third-order valence-electron chi connectivity index (χ3n) is 4.86. The summed E-state index contributed by atoms with van der Waals surface area (Å²) in [6.07, 6.45) is -0.234. The quantitative estimate of drug-likeness (QED) is 0.382. The second-order valence-electron chi connectivity index (χ2n) is 7.29. The summed E-state index contributed by atoms with van der Waals surface area (Å²) in [5, 5.41) is 5.19. The Morgan fingerprint density at radius 3 is 2.48 bits per heavy atom. The zero-order valence-electron chi connectivity index (χ0n) is 17.7. The van der Waals surface area contributed by atoms with E-state index in [0.717, 1.165) is 31.1 Å². The van der Waals surface area contributed by atoms with Crippen molar-refractivity contribution in [1.82, 2.24) is 9.55 Å². The molecule has 0 radical (unpaired) electrons.